The number of amides is 2. The maximum atomic E-state index is 13.2. The van der Waals surface area contributed by atoms with Crippen LogP contribution in [0.25, 0.3) is 0 Å². The molecule has 2 N–H and O–H groups in total. The summed E-state index contributed by atoms with van der Waals surface area (Å²) in [6.45, 7) is 0. The number of carbonyl (C=O) groups excluding carboxylic acids is 1. The molecule has 0 radical (unpaired) electrons. The van der Waals surface area contributed by atoms with Crippen molar-refractivity contribution in [1.82, 2.24) is 5.32 Å². The maximum Gasteiger partial charge on any atom is 0.319 e. The van der Waals surface area contributed by atoms with E-state index in [1.165, 1.54) is 18.2 Å². The Balaban J connectivity index is 2.05. The smallest absolute Gasteiger partial charge is 0.319 e. The molecule has 0 saturated heterocycles. The summed E-state index contributed by atoms with van der Waals surface area (Å²) in [5.74, 6) is -0.534. The second-order valence-electron chi connectivity index (χ2n) is 3.47. The molecule has 1 saturated carbocycles. The van der Waals surface area contributed by atoms with Crippen molar-refractivity contribution in [2.45, 2.75) is 18.9 Å². The molecule has 1 aromatic rings. The minimum atomic E-state index is -0.534. The van der Waals surface area contributed by atoms with Crippen LogP contribution in [-0.4, -0.2) is 12.1 Å². The van der Waals surface area contributed by atoms with Gasteiger partial charge >= 0.3 is 6.03 Å². The minimum absolute atomic E-state index is 0.0253. The van der Waals surface area contributed by atoms with Gasteiger partial charge in [-0.2, -0.15) is 0 Å². The van der Waals surface area contributed by atoms with Gasteiger partial charge in [-0.1, -0.05) is 17.7 Å². The van der Waals surface area contributed by atoms with E-state index in [0.717, 1.165) is 12.8 Å². The van der Waals surface area contributed by atoms with Crippen molar-refractivity contribution in [3.05, 3.63) is 29.0 Å². The number of anilines is 1. The lowest BCUT2D eigenvalue weighted by molar-refractivity contribution is 0.251. The molecule has 0 spiro atoms. The third kappa shape index (κ3) is 2.59. The first-order valence-electron chi connectivity index (χ1n) is 4.68. The Morgan fingerprint density at radius 2 is 2.20 bits per heavy atom. The van der Waals surface area contributed by atoms with Crippen LogP contribution in [0.3, 0.4) is 0 Å². The monoisotopic (exact) mass is 228 g/mol. The third-order valence-corrected chi connectivity index (χ3v) is 2.43. The van der Waals surface area contributed by atoms with E-state index in [1.807, 2.05) is 0 Å². The Morgan fingerprint density at radius 3 is 2.80 bits per heavy atom. The van der Waals surface area contributed by atoms with Crippen molar-refractivity contribution in [3.63, 3.8) is 0 Å². The minimum Gasteiger partial charge on any atom is -0.335 e. The summed E-state index contributed by atoms with van der Waals surface area (Å²) in [5, 5.41) is 5.27. The maximum absolute atomic E-state index is 13.2. The van der Waals surface area contributed by atoms with E-state index in [9.17, 15) is 9.18 Å². The van der Waals surface area contributed by atoms with Crippen LogP contribution in [0.2, 0.25) is 5.02 Å². The molecule has 15 heavy (non-hydrogen) atoms. The van der Waals surface area contributed by atoms with Crippen LogP contribution in [0.1, 0.15) is 12.8 Å². The van der Waals surface area contributed by atoms with Gasteiger partial charge in [0.2, 0.25) is 0 Å². The normalized spacial score (nSPS) is 14.8. The van der Waals surface area contributed by atoms with E-state index in [-0.39, 0.29) is 16.8 Å². The summed E-state index contributed by atoms with van der Waals surface area (Å²) in [6, 6.07) is 4.08. The molecule has 3 nitrogen and oxygen atoms in total. The predicted molar refractivity (Wildman–Crippen MR) is 56.6 cm³/mol. The fourth-order valence-electron chi connectivity index (χ4n) is 1.18. The molecule has 1 fully saturated rings. The zero-order valence-electron chi connectivity index (χ0n) is 7.89. The molecule has 80 valence electrons. The average molecular weight is 229 g/mol. The van der Waals surface area contributed by atoms with Gasteiger partial charge in [-0.3, -0.25) is 0 Å². The molecule has 0 unspecified atom stereocenters. The average Bonchev–Trinajstić information content (AvgIpc) is 2.95. The third-order valence-electron chi connectivity index (χ3n) is 2.11. The van der Waals surface area contributed by atoms with Gasteiger partial charge in [-0.15, -0.1) is 0 Å². The molecule has 0 aliphatic heterocycles. The Morgan fingerprint density at radius 1 is 1.47 bits per heavy atom. The highest BCUT2D eigenvalue weighted by atomic mass is 35.5. The van der Waals surface area contributed by atoms with Gasteiger partial charge in [0.1, 0.15) is 5.82 Å². The summed E-state index contributed by atoms with van der Waals surface area (Å²) in [4.78, 5) is 11.3. The number of para-hydroxylation sites is 1. The second-order valence-corrected chi connectivity index (χ2v) is 3.88. The molecule has 5 heteroatoms. The van der Waals surface area contributed by atoms with E-state index >= 15 is 0 Å². The molecule has 2 amide bonds. The number of nitrogens with one attached hydrogen (secondary N) is 2. The zero-order valence-corrected chi connectivity index (χ0v) is 8.64. The number of benzene rings is 1. The molecule has 2 rings (SSSR count). The molecule has 0 aromatic heterocycles. The number of hydrogen-bond donors (Lipinski definition) is 2. The Hall–Kier alpha value is -1.29. The lowest BCUT2D eigenvalue weighted by Crippen LogP contribution is -2.30. The Kier molecular flexibility index (Phi) is 2.77. The van der Waals surface area contributed by atoms with Crippen LogP contribution in [0.15, 0.2) is 18.2 Å². The lowest BCUT2D eigenvalue weighted by Gasteiger charge is -2.08. The van der Waals surface area contributed by atoms with Gasteiger partial charge in [0.05, 0.1) is 10.7 Å². The number of rotatable bonds is 2. The van der Waals surface area contributed by atoms with E-state index in [4.69, 9.17) is 11.6 Å². The molecular formula is C10H10ClFN2O. The number of urea groups is 1. The van der Waals surface area contributed by atoms with E-state index in [2.05, 4.69) is 10.6 Å². The fourth-order valence-corrected chi connectivity index (χ4v) is 1.39. The Labute approximate surface area is 91.6 Å². The van der Waals surface area contributed by atoms with Crippen molar-refractivity contribution in [1.29, 1.82) is 0 Å². The first kappa shape index (κ1) is 10.2. The van der Waals surface area contributed by atoms with Crippen LogP contribution < -0.4 is 10.6 Å². The Bertz CT molecular complexity index is 373. The van der Waals surface area contributed by atoms with E-state index in [1.54, 1.807) is 0 Å². The quantitative estimate of drug-likeness (QED) is 0.803. The summed E-state index contributed by atoms with van der Waals surface area (Å²) in [5.41, 5.74) is 0.0253. The molecule has 1 aliphatic rings. The molecule has 1 aromatic carbocycles. The van der Waals surface area contributed by atoms with Crippen LogP contribution in [0.5, 0.6) is 0 Å². The predicted octanol–water partition coefficient (Wildman–Crippen LogP) is 2.76. The summed E-state index contributed by atoms with van der Waals surface area (Å²) in [7, 11) is 0. The van der Waals surface area contributed by atoms with Crippen molar-refractivity contribution in [2.24, 2.45) is 0 Å². The van der Waals surface area contributed by atoms with Crippen molar-refractivity contribution in [3.8, 4) is 0 Å². The second kappa shape index (κ2) is 4.06. The van der Waals surface area contributed by atoms with Crippen molar-refractivity contribution < 1.29 is 9.18 Å². The zero-order chi connectivity index (χ0) is 10.8. The highest BCUT2D eigenvalue weighted by Gasteiger charge is 2.23. The van der Waals surface area contributed by atoms with Crippen LogP contribution >= 0.6 is 11.6 Å². The summed E-state index contributed by atoms with van der Waals surface area (Å²) < 4.78 is 13.2. The first-order valence-corrected chi connectivity index (χ1v) is 5.06. The van der Waals surface area contributed by atoms with Crippen LogP contribution in [0, 0.1) is 5.82 Å². The molecule has 0 atom stereocenters. The number of halogens is 2. The number of hydrogen-bond acceptors (Lipinski definition) is 1. The summed E-state index contributed by atoms with van der Waals surface area (Å²) >= 11 is 5.74. The largest absolute Gasteiger partial charge is 0.335 e. The van der Waals surface area contributed by atoms with Crippen LogP contribution in [0.4, 0.5) is 14.9 Å². The van der Waals surface area contributed by atoms with Gasteiger partial charge < -0.3 is 10.6 Å². The van der Waals surface area contributed by atoms with E-state index in [0.29, 0.717) is 0 Å². The van der Waals surface area contributed by atoms with Crippen molar-refractivity contribution in [2.75, 3.05) is 5.32 Å². The molecule has 1 aliphatic carbocycles. The number of carbonyl (C=O) groups is 1. The SMILES string of the molecule is O=C(Nc1c(F)cccc1Cl)NC1CC1. The van der Waals surface area contributed by atoms with Gasteiger partial charge in [0, 0.05) is 6.04 Å². The van der Waals surface area contributed by atoms with Gasteiger partial charge in [-0.05, 0) is 25.0 Å². The molecule has 0 bridgehead atoms. The van der Waals surface area contributed by atoms with Crippen molar-refractivity contribution >= 4 is 23.3 Å². The topological polar surface area (TPSA) is 41.1 Å². The fraction of sp³-hybridized carbons (Fsp3) is 0.300. The lowest BCUT2D eigenvalue weighted by atomic mass is 10.3. The van der Waals surface area contributed by atoms with Gasteiger partial charge in [0.15, 0.2) is 0 Å². The van der Waals surface area contributed by atoms with E-state index < -0.39 is 11.8 Å². The standard InChI is InChI=1S/C10H10ClFN2O/c11-7-2-1-3-8(12)9(7)14-10(15)13-6-4-5-6/h1-3,6H,4-5H2,(H2,13,14,15). The van der Waals surface area contributed by atoms with Gasteiger partial charge in [-0.25, -0.2) is 9.18 Å². The first-order chi connectivity index (χ1) is 7.16. The van der Waals surface area contributed by atoms with Gasteiger partial charge in [0.25, 0.3) is 0 Å². The van der Waals surface area contributed by atoms with Crippen LogP contribution in [-0.2, 0) is 0 Å². The highest BCUT2D eigenvalue weighted by Crippen LogP contribution is 2.25. The summed E-state index contributed by atoms with van der Waals surface area (Å²) in [6.07, 6.45) is 1.97. The highest BCUT2D eigenvalue weighted by molar-refractivity contribution is 6.33. The molecule has 0 heterocycles. The molecular weight excluding hydrogens is 219 g/mol.